The minimum absolute atomic E-state index is 0.281. The molecular weight excluding hydrogens is 236 g/mol. The van der Waals surface area contributed by atoms with Crippen LogP contribution in [0, 0.1) is 0 Å². The van der Waals surface area contributed by atoms with Gasteiger partial charge in [-0.1, -0.05) is 15.9 Å². The average Bonchev–Trinajstić information content (AvgIpc) is 2.49. The summed E-state index contributed by atoms with van der Waals surface area (Å²) in [5, 5.41) is 11.8. The second-order valence-corrected chi connectivity index (χ2v) is 3.77. The van der Waals surface area contributed by atoms with Crippen LogP contribution in [0.4, 0.5) is 0 Å². The van der Waals surface area contributed by atoms with Gasteiger partial charge in [0.15, 0.2) is 0 Å². The minimum Gasteiger partial charge on any atom is -0.478 e. The summed E-state index contributed by atoms with van der Waals surface area (Å²) in [6, 6.07) is 0. The highest BCUT2D eigenvalue weighted by Crippen LogP contribution is 2.25. The molecule has 2 heterocycles. The molecule has 0 radical (unpaired) electrons. The fourth-order valence-electron chi connectivity index (χ4n) is 1.32. The Morgan fingerprint density at radius 1 is 1.69 bits per heavy atom. The molecule has 0 saturated heterocycles. The van der Waals surface area contributed by atoms with Crippen molar-refractivity contribution in [3.8, 4) is 0 Å². The van der Waals surface area contributed by atoms with E-state index in [9.17, 15) is 4.79 Å². The van der Waals surface area contributed by atoms with Gasteiger partial charge in [0.25, 0.3) is 0 Å². The molecule has 4 nitrogen and oxygen atoms in total. The van der Waals surface area contributed by atoms with Crippen LogP contribution in [0.3, 0.4) is 0 Å². The summed E-state index contributed by atoms with van der Waals surface area (Å²) < 4.78 is 0.863. The summed E-state index contributed by atoms with van der Waals surface area (Å²) in [5.74, 6) is -0.288. The lowest BCUT2D eigenvalue weighted by Gasteiger charge is -2.22. The van der Waals surface area contributed by atoms with Crippen molar-refractivity contribution in [2.24, 2.45) is 0 Å². The lowest BCUT2D eigenvalue weighted by molar-refractivity contribution is -0.132. The highest BCUT2D eigenvalue weighted by Gasteiger charge is 2.24. The standard InChI is InChI=1S/C8H7BrN2O2/c9-5-3-6(8(12)13)7-10-1-2-11(7)4-5/h1-3,10H,4H2,(H,12,13). The van der Waals surface area contributed by atoms with Gasteiger partial charge < -0.3 is 15.3 Å². The monoisotopic (exact) mass is 242 g/mol. The van der Waals surface area contributed by atoms with E-state index in [-0.39, 0.29) is 5.57 Å². The predicted octanol–water partition coefficient (Wildman–Crippen LogP) is 0.951. The number of aliphatic carboxylic acids is 1. The topological polar surface area (TPSA) is 52.6 Å². The minimum atomic E-state index is -0.923. The van der Waals surface area contributed by atoms with Gasteiger partial charge in [-0.3, -0.25) is 0 Å². The molecule has 0 aliphatic carbocycles. The summed E-state index contributed by atoms with van der Waals surface area (Å²) in [6.07, 6.45) is 5.15. The second-order valence-electron chi connectivity index (χ2n) is 2.75. The van der Waals surface area contributed by atoms with E-state index in [1.54, 1.807) is 12.3 Å². The zero-order valence-corrected chi connectivity index (χ0v) is 8.21. The third-order valence-corrected chi connectivity index (χ3v) is 2.35. The molecule has 0 unspecified atom stereocenters. The van der Waals surface area contributed by atoms with Gasteiger partial charge in [-0.2, -0.15) is 0 Å². The summed E-state index contributed by atoms with van der Waals surface area (Å²) in [4.78, 5) is 12.7. The van der Waals surface area contributed by atoms with Gasteiger partial charge in [0, 0.05) is 16.9 Å². The third-order valence-electron chi connectivity index (χ3n) is 1.87. The number of carboxylic acids is 1. The Labute approximate surface area is 83.3 Å². The van der Waals surface area contributed by atoms with Gasteiger partial charge in [0.2, 0.25) is 0 Å². The van der Waals surface area contributed by atoms with Crippen LogP contribution in [0.5, 0.6) is 0 Å². The zero-order valence-electron chi connectivity index (χ0n) is 6.62. The fourth-order valence-corrected chi connectivity index (χ4v) is 1.82. The number of nitrogens with zero attached hydrogens (tertiary/aromatic N) is 1. The van der Waals surface area contributed by atoms with E-state index in [0.717, 1.165) is 4.48 Å². The molecule has 2 N–H and O–H groups in total. The quantitative estimate of drug-likeness (QED) is 0.719. The number of carboxylic acid groups (broad SMARTS) is 1. The first-order chi connectivity index (χ1) is 6.18. The fraction of sp³-hybridized carbons (Fsp3) is 0.125. The molecule has 0 atom stereocenters. The van der Waals surface area contributed by atoms with Crippen LogP contribution in [0.2, 0.25) is 0 Å². The lowest BCUT2D eigenvalue weighted by Crippen LogP contribution is -2.27. The largest absolute Gasteiger partial charge is 0.478 e. The molecule has 0 bridgehead atoms. The molecular formula is C8H7BrN2O2. The van der Waals surface area contributed by atoms with E-state index in [0.29, 0.717) is 12.4 Å². The first-order valence-corrected chi connectivity index (χ1v) is 4.51. The summed E-state index contributed by atoms with van der Waals surface area (Å²) in [6.45, 7) is 0.676. The van der Waals surface area contributed by atoms with Crippen LogP contribution in [-0.2, 0) is 4.79 Å². The highest BCUT2D eigenvalue weighted by molar-refractivity contribution is 9.11. The van der Waals surface area contributed by atoms with Crippen molar-refractivity contribution in [2.75, 3.05) is 6.54 Å². The van der Waals surface area contributed by atoms with Crippen molar-refractivity contribution in [2.45, 2.75) is 0 Å². The third kappa shape index (κ3) is 1.35. The molecule has 0 amide bonds. The zero-order chi connectivity index (χ0) is 9.42. The second kappa shape index (κ2) is 2.92. The Balaban J connectivity index is 2.45. The Morgan fingerprint density at radius 3 is 3.15 bits per heavy atom. The molecule has 5 heteroatoms. The Bertz CT molecular complexity index is 357. The van der Waals surface area contributed by atoms with Crippen LogP contribution in [-0.4, -0.2) is 22.5 Å². The van der Waals surface area contributed by atoms with Gasteiger partial charge in [-0.25, -0.2) is 4.79 Å². The molecule has 2 aliphatic rings. The summed E-state index contributed by atoms with van der Waals surface area (Å²) in [7, 11) is 0. The number of fused-ring (bicyclic) bond motifs is 1. The summed E-state index contributed by atoms with van der Waals surface area (Å²) >= 11 is 3.29. The van der Waals surface area contributed by atoms with Gasteiger partial charge in [-0.05, 0) is 6.08 Å². The van der Waals surface area contributed by atoms with E-state index >= 15 is 0 Å². The molecule has 0 fully saturated rings. The Hall–Kier alpha value is -1.23. The van der Waals surface area contributed by atoms with Gasteiger partial charge in [0.1, 0.15) is 11.4 Å². The Morgan fingerprint density at radius 2 is 2.46 bits per heavy atom. The molecule has 2 rings (SSSR count). The number of hydrogen-bond acceptors (Lipinski definition) is 3. The van der Waals surface area contributed by atoms with Crippen molar-refractivity contribution in [1.29, 1.82) is 0 Å². The van der Waals surface area contributed by atoms with Crippen molar-refractivity contribution in [1.82, 2.24) is 10.2 Å². The van der Waals surface area contributed by atoms with E-state index < -0.39 is 5.97 Å². The van der Waals surface area contributed by atoms with E-state index in [1.807, 2.05) is 11.1 Å². The first kappa shape index (κ1) is 8.37. The maximum atomic E-state index is 10.8. The molecule has 0 aromatic carbocycles. The van der Waals surface area contributed by atoms with Crippen molar-refractivity contribution in [3.05, 3.63) is 34.4 Å². The highest BCUT2D eigenvalue weighted by atomic mass is 79.9. The van der Waals surface area contributed by atoms with E-state index in [4.69, 9.17) is 5.11 Å². The number of rotatable bonds is 1. The number of halogens is 1. The maximum absolute atomic E-state index is 10.8. The molecule has 68 valence electrons. The van der Waals surface area contributed by atoms with Crippen LogP contribution in [0.1, 0.15) is 0 Å². The maximum Gasteiger partial charge on any atom is 0.339 e. The smallest absolute Gasteiger partial charge is 0.339 e. The Kier molecular flexibility index (Phi) is 1.88. The van der Waals surface area contributed by atoms with Crippen molar-refractivity contribution >= 4 is 21.9 Å². The van der Waals surface area contributed by atoms with Crippen molar-refractivity contribution in [3.63, 3.8) is 0 Å². The molecule has 0 aromatic heterocycles. The molecule has 2 aliphatic heterocycles. The average molecular weight is 243 g/mol. The van der Waals surface area contributed by atoms with Crippen LogP contribution >= 0.6 is 15.9 Å². The van der Waals surface area contributed by atoms with Crippen LogP contribution in [0.15, 0.2) is 34.4 Å². The van der Waals surface area contributed by atoms with Crippen molar-refractivity contribution < 1.29 is 9.90 Å². The van der Waals surface area contributed by atoms with E-state index in [1.165, 1.54) is 0 Å². The number of carbonyl (C=O) groups is 1. The SMILES string of the molecule is O=C(O)C1=C2NC=CN2CC(Br)=C1. The number of nitrogens with one attached hydrogen (secondary N) is 1. The predicted molar refractivity (Wildman–Crippen MR) is 50.7 cm³/mol. The first-order valence-electron chi connectivity index (χ1n) is 3.72. The van der Waals surface area contributed by atoms with Gasteiger partial charge in [0.05, 0.1) is 6.54 Å². The number of hydrogen-bond donors (Lipinski definition) is 2. The normalized spacial score (nSPS) is 19.8. The van der Waals surface area contributed by atoms with Gasteiger partial charge >= 0.3 is 5.97 Å². The molecule has 13 heavy (non-hydrogen) atoms. The van der Waals surface area contributed by atoms with Crippen LogP contribution in [0.25, 0.3) is 0 Å². The lowest BCUT2D eigenvalue weighted by atomic mass is 10.2. The molecule has 0 saturated carbocycles. The van der Waals surface area contributed by atoms with Crippen LogP contribution < -0.4 is 5.32 Å². The van der Waals surface area contributed by atoms with Gasteiger partial charge in [-0.15, -0.1) is 0 Å². The van der Waals surface area contributed by atoms with E-state index in [2.05, 4.69) is 21.2 Å². The summed E-state index contributed by atoms with van der Waals surface area (Å²) in [5.41, 5.74) is 0.281. The molecule has 0 spiro atoms. The molecule has 0 aromatic rings.